The summed E-state index contributed by atoms with van der Waals surface area (Å²) in [6.07, 6.45) is 3.92. The molecule has 0 aliphatic carbocycles. The van der Waals surface area contributed by atoms with Crippen LogP contribution in [-0.4, -0.2) is 13.1 Å². The average molecular weight is 318 g/mol. The van der Waals surface area contributed by atoms with Crippen LogP contribution in [0.3, 0.4) is 0 Å². The fourth-order valence-electron chi connectivity index (χ4n) is 2.68. The number of hydrogen-bond donors (Lipinski definition) is 0. The maximum Gasteiger partial charge on any atom is 0.338 e. The van der Waals surface area contributed by atoms with E-state index in [1.807, 2.05) is 67.8 Å². The van der Waals surface area contributed by atoms with Crippen LogP contribution in [0.2, 0.25) is 0 Å². The van der Waals surface area contributed by atoms with Crippen molar-refractivity contribution in [2.24, 2.45) is 0 Å². The summed E-state index contributed by atoms with van der Waals surface area (Å²) in [7, 11) is 1.41. The first kappa shape index (κ1) is 15.9. The van der Waals surface area contributed by atoms with Gasteiger partial charge in [0.1, 0.15) is 0 Å². The molecule has 2 aromatic carbocycles. The van der Waals surface area contributed by atoms with Crippen LogP contribution in [-0.2, 0) is 11.3 Å². The van der Waals surface area contributed by atoms with Gasteiger partial charge in [-0.2, -0.15) is 0 Å². The van der Waals surface area contributed by atoms with Crippen molar-refractivity contribution in [3.8, 4) is 11.1 Å². The number of ether oxygens (including phenoxy) is 1. The highest BCUT2D eigenvalue weighted by Crippen LogP contribution is 2.23. The van der Waals surface area contributed by atoms with Gasteiger partial charge < -0.3 is 4.74 Å². The molecule has 0 saturated carbocycles. The number of carbonyl (C=O) groups is 1. The highest BCUT2D eigenvalue weighted by Gasteiger charge is 2.18. The molecule has 24 heavy (non-hydrogen) atoms. The molecule has 3 nitrogen and oxygen atoms in total. The number of benzene rings is 2. The third kappa shape index (κ3) is 3.51. The van der Waals surface area contributed by atoms with Crippen LogP contribution >= 0.6 is 0 Å². The van der Waals surface area contributed by atoms with Gasteiger partial charge in [-0.3, -0.25) is 0 Å². The minimum Gasteiger partial charge on any atom is -0.465 e. The van der Waals surface area contributed by atoms with Gasteiger partial charge in [-0.15, -0.1) is 0 Å². The molecule has 0 fully saturated rings. The molecule has 0 N–H and O–H groups in total. The lowest BCUT2D eigenvalue weighted by atomic mass is 10.0. The molecule has 0 spiro atoms. The number of hydrogen-bond acceptors (Lipinski definition) is 2. The summed E-state index contributed by atoms with van der Waals surface area (Å²) < 4.78 is 7.01. The minimum atomic E-state index is -0.322. The Kier molecular flexibility index (Phi) is 4.71. The second-order valence-corrected chi connectivity index (χ2v) is 5.79. The number of pyridine rings is 1. The molecule has 0 unspecified atom stereocenters. The number of aryl methyl sites for hydroxylation is 1. The summed E-state index contributed by atoms with van der Waals surface area (Å²) in [5, 5.41) is 0. The molecule has 0 atom stereocenters. The van der Waals surface area contributed by atoms with Crippen LogP contribution in [0.4, 0.5) is 0 Å². The van der Waals surface area contributed by atoms with E-state index in [-0.39, 0.29) is 5.97 Å². The van der Waals surface area contributed by atoms with Gasteiger partial charge in [-0.1, -0.05) is 60.2 Å². The van der Waals surface area contributed by atoms with Crippen molar-refractivity contribution in [3.05, 3.63) is 89.7 Å². The molecule has 0 amide bonds. The summed E-state index contributed by atoms with van der Waals surface area (Å²) in [6.45, 7) is 2.80. The van der Waals surface area contributed by atoms with Gasteiger partial charge in [0.25, 0.3) is 0 Å². The molecule has 0 bridgehead atoms. The van der Waals surface area contributed by atoms with Crippen LogP contribution < -0.4 is 4.57 Å². The van der Waals surface area contributed by atoms with E-state index in [1.165, 1.54) is 18.2 Å². The maximum absolute atomic E-state index is 12.1. The van der Waals surface area contributed by atoms with Gasteiger partial charge >= 0.3 is 5.97 Å². The first-order valence-corrected chi connectivity index (χ1v) is 7.90. The Hall–Kier alpha value is -2.94. The normalized spacial score (nSPS) is 10.4. The van der Waals surface area contributed by atoms with Crippen molar-refractivity contribution in [3.63, 3.8) is 0 Å². The molecular formula is C21H20NO2+. The van der Waals surface area contributed by atoms with Gasteiger partial charge in [0.05, 0.1) is 18.2 Å². The number of carbonyl (C=O) groups excluding carboxylic acids is 1. The Morgan fingerprint density at radius 3 is 2.38 bits per heavy atom. The predicted molar refractivity (Wildman–Crippen MR) is 93.7 cm³/mol. The quantitative estimate of drug-likeness (QED) is 0.541. The predicted octanol–water partition coefficient (Wildman–Crippen LogP) is 3.78. The van der Waals surface area contributed by atoms with E-state index in [0.29, 0.717) is 5.56 Å². The first-order valence-electron chi connectivity index (χ1n) is 7.90. The highest BCUT2D eigenvalue weighted by atomic mass is 16.5. The second kappa shape index (κ2) is 7.09. The maximum atomic E-state index is 12.1. The fraction of sp³-hybridized carbons (Fsp3) is 0.143. The van der Waals surface area contributed by atoms with Crippen molar-refractivity contribution in [2.45, 2.75) is 13.5 Å². The molecule has 3 rings (SSSR count). The number of esters is 1. The van der Waals surface area contributed by atoms with Crippen LogP contribution in [0, 0.1) is 6.92 Å². The zero-order chi connectivity index (χ0) is 16.9. The molecule has 0 aliphatic heterocycles. The summed E-state index contributed by atoms with van der Waals surface area (Å²) in [6, 6.07) is 20.2. The molecule has 1 heterocycles. The van der Waals surface area contributed by atoms with E-state index in [1.54, 1.807) is 0 Å². The Morgan fingerprint density at radius 1 is 1.00 bits per heavy atom. The molecule has 120 valence electrons. The van der Waals surface area contributed by atoms with Crippen molar-refractivity contribution in [1.29, 1.82) is 0 Å². The topological polar surface area (TPSA) is 30.2 Å². The lowest BCUT2D eigenvalue weighted by Gasteiger charge is -2.08. The third-order valence-corrected chi connectivity index (χ3v) is 3.99. The highest BCUT2D eigenvalue weighted by molar-refractivity contribution is 5.96. The minimum absolute atomic E-state index is 0.322. The van der Waals surface area contributed by atoms with Crippen molar-refractivity contribution < 1.29 is 14.1 Å². The van der Waals surface area contributed by atoms with Crippen molar-refractivity contribution in [2.75, 3.05) is 7.11 Å². The Balaban J connectivity index is 2.03. The smallest absolute Gasteiger partial charge is 0.338 e. The Bertz CT molecular complexity index is 839. The van der Waals surface area contributed by atoms with E-state index in [4.69, 9.17) is 4.74 Å². The summed E-state index contributed by atoms with van der Waals surface area (Å²) in [5.74, 6) is -0.322. The number of aromatic nitrogens is 1. The summed E-state index contributed by atoms with van der Waals surface area (Å²) >= 11 is 0. The van der Waals surface area contributed by atoms with Gasteiger partial charge in [0, 0.05) is 11.6 Å². The van der Waals surface area contributed by atoms with E-state index in [9.17, 15) is 4.79 Å². The third-order valence-electron chi connectivity index (χ3n) is 3.99. The zero-order valence-electron chi connectivity index (χ0n) is 13.9. The SMILES string of the molecule is COC(=O)c1cc[n+](Cc2ccccc2)cc1-c1ccc(C)cc1. The van der Waals surface area contributed by atoms with Gasteiger partial charge in [-0.05, 0) is 12.5 Å². The molecule has 0 aliphatic rings. The Morgan fingerprint density at radius 2 is 1.71 bits per heavy atom. The van der Waals surface area contributed by atoms with E-state index >= 15 is 0 Å². The van der Waals surface area contributed by atoms with E-state index in [0.717, 1.165) is 17.7 Å². The average Bonchev–Trinajstić information content (AvgIpc) is 2.62. The molecule has 1 aromatic heterocycles. The standard InChI is InChI=1S/C21H20NO2/c1-16-8-10-18(11-9-16)20-15-22(13-12-19(20)21(23)24-2)14-17-6-4-3-5-7-17/h3-13,15H,14H2,1-2H3/q+1. The lowest BCUT2D eigenvalue weighted by Crippen LogP contribution is -2.34. The van der Waals surface area contributed by atoms with Crippen molar-refractivity contribution in [1.82, 2.24) is 0 Å². The first-order chi connectivity index (χ1) is 11.7. The molecule has 0 saturated heterocycles. The van der Waals surface area contributed by atoms with Crippen molar-refractivity contribution >= 4 is 5.97 Å². The largest absolute Gasteiger partial charge is 0.465 e. The van der Waals surface area contributed by atoms with E-state index in [2.05, 4.69) is 16.7 Å². The fourth-order valence-corrected chi connectivity index (χ4v) is 2.68. The molecule has 0 radical (unpaired) electrons. The monoisotopic (exact) mass is 318 g/mol. The Labute approximate surface area is 142 Å². The number of rotatable bonds is 4. The van der Waals surface area contributed by atoms with Crippen LogP contribution in [0.25, 0.3) is 11.1 Å². The molecule has 3 aromatic rings. The van der Waals surface area contributed by atoms with Crippen LogP contribution in [0.5, 0.6) is 0 Å². The summed E-state index contributed by atoms with van der Waals surface area (Å²) in [5.41, 5.74) is 4.85. The number of methoxy groups -OCH3 is 1. The lowest BCUT2D eigenvalue weighted by molar-refractivity contribution is -0.687. The molecular weight excluding hydrogens is 298 g/mol. The second-order valence-electron chi connectivity index (χ2n) is 5.79. The van der Waals surface area contributed by atoms with Gasteiger partial charge in [-0.25, -0.2) is 9.36 Å². The van der Waals surface area contributed by atoms with Crippen LogP contribution in [0.1, 0.15) is 21.5 Å². The summed E-state index contributed by atoms with van der Waals surface area (Å²) in [4.78, 5) is 12.1. The van der Waals surface area contributed by atoms with Gasteiger partial charge in [0.2, 0.25) is 0 Å². The van der Waals surface area contributed by atoms with E-state index < -0.39 is 0 Å². The molecule has 3 heteroatoms. The number of nitrogens with zero attached hydrogens (tertiary/aromatic N) is 1. The van der Waals surface area contributed by atoms with Crippen LogP contribution in [0.15, 0.2) is 73.1 Å². The zero-order valence-corrected chi connectivity index (χ0v) is 13.9. The van der Waals surface area contributed by atoms with Gasteiger partial charge in [0.15, 0.2) is 18.9 Å².